The zero-order valence-electron chi connectivity index (χ0n) is 8.72. The lowest BCUT2D eigenvalue weighted by Gasteiger charge is -2.15. The highest BCUT2D eigenvalue weighted by atomic mass is 35.5. The molecule has 1 atom stereocenters. The second kappa shape index (κ2) is 5.26. The molecule has 0 heterocycles. The van der Waals surface area contributed by atoms with Crippen LogP contribution in [0.15, 0.2) is 29.8 Å². The van der Waals surface area contributed by atoms with Gasteiger partial charge in [0, 0.05) is 10.6 Å². The first kappa shape index (κ1) is 12.2. The number of hydrogen-bond acceptors (Lipinski definition) is 2. The minimum absolute atomic E-state index is 0.358. The maximum absolute atomic E-state index is 13.5. The number of hydrazine groups is 1. The van der Waals surface area contributed by atoms with Crippen molar-refractivity contribution in [2.75, 3.05) is 0 Å². The lowest BCUT2D eigenvalue weighted by Crippen LogP contribution is -2.27. The van der Waals surface area contributed by atoms with E-state index < -0.39 is 6.04 Å². The molecule has 0 amide bonds. The molecule has 0 saturated heterocycles. The van der Waals surface area contributed by atoms with Gasteiger partial charge in [0.2, 0.25) is 0 Å². The quantitative estimate of drug-likeness (QED) is 0.474. The van der Waals surface area contributed by atoms with E-state index in [2.05, 4.69) is 5.43 Å². The molecule has 0 bridgehead atoms. The molecule has 0 aliphatic heterocycles. The molecule has 1 aromatic rings. The molecule has 0 fully saturated rings. The summed E-state index contributed by atoms with van der Waals surface area (Å²) < 4.78 is 13.5. The first-order valence-electron chi connectivity index (χ1n) is 4.61. The zero-order chi connectivity index (χ0) is 11.4. The smallest absolute Gasteiger partial charge is 0.129 e. The number of halogens is 2. The summed E-state index contributed by atoms with van der Waals surface area (Å²) in [5, 5.41) is 0.371. The second-order valence-corrected chi connectivity index (χ2v) is 3.93. The monoisotopic (exact) mass is 228 g/mol. The number of rotatable bonds is 3. The lowest BCUT2D eigenvalue weighted by atomic mass is 10.0. The topological polar surface area (TPSA) is 38.0 Å². The van der Waals surface area contributed by atoms with Crippen molar-refractivity contribution in [3.63, 3.8) is 0 Å². The molecule has 0 aliphatic carbocycles. The maximum Gasteiger partial charge on any atom is 0.129 e. The molecule has 4 heteroatoms. The van der Waals surface area contributed by atoms with Crippen LogP contribution in [0, 0.1) is 5.82 Å². The van der Waals surface area contributed by atoms with Crippen molar-refractivity contribution < 1.29 is 4.39 Å². The van der Waals surface area contributed by atoms with Gasteiger partial charge in [-0.2, -0.15) is 0 Å². The van der Waals surface area contributed by atoms with E-state index >= 15 is 0 Å². The Labute approximate surface area is 93.9 Å². The van der Waals surface area contributed by atoms with Crippen LogP contribution in [0.2, 0.25) is 5.02 Å². The van der Waals surface area contributed by atoms with Gasteiger partial charge in [-0.1, -0.05) is 29.3 Å². The first-order chi connectivity index (χ1) is 7.06. The highest BCUT2D eigenvalue weighted by Crippen LogP contribution is 2.26. The van der Waals surface area contributed by atoms with E-state index in [0.717, 1.165) is 5.57 Å². The lowest BCUT2D eigenvalue weighted by molar-refractivity contribution is 0.567. The summed E-state index contributed by atoms with van der Waals surface area (Å²) in [5.74, 6) is 5.01. The Morgan fingerprint density at radius 3 is 2.67 bits per heavy atom. The fraction of sp³-hybridized carbons (Fsp3) is 0.273. The van der Waals surface area contributed by atoms with Crippen LogP contribution >= 0.6 is 11.6 Å². The predicted molar refractivity (Wildman–Crippen MR) is 60.9 cm³/mol. The highest BCUT2D eigenvalue weighted by Gasteiger charge is 2.15. The van der Waals surface area contributed by atoms with E-state index in [1.54, 1.807) is 12.1 Å². The third-order valence-electron chi connectivity index (χ3n) is 1.99. The van der Waals surface area contributed by atoms with Gasteiger partial charge in [-0.15, -0.1) is 0 Å². The van der Waals surface area contributed by atoms with Gasteiger partial charge in [-0.25, -0.2) is 9.82 Å². The predicted octanol–water partition coefficient (Wildman–Crippen LogP) is 2.95. The molecule has 2 nitrogen and oxygen atoms in total. The van der Waals surface area contributed by atoms with Gasteiger partial charge < -0.3 is 0 Å². The summed E-state index contributed by atoms with van der Waals surface area (Å²) >= 11 is 5.92. The van der Waals surface area contributed by atoms with E-state index in [9.17, 15) is 4.39 Å². The van der Waals surface area contributed by atoms with Crippen molar-refractivity contribution in [1.29, 1.82) is 0 Å². The van der Waals surface area contributed by atoms with Gasteiger partial charge in [0.1, 0.15) is 5.82 Å². The van der Waals surface area contributed by atoms with Crippen molar-refractivity contribution in [3.05, 3.63) is 46.3 Å². The van der Waals surface area contributed by atoms with Crippen LogP contribution in [0.4, 0.5) is 4.39 Å². The van der Waals surface area contributed by atoms with E-state index in [1.807, 2.05) is 19.9 Å². The van der Waals surface area contributed by atoms with Gasteiger partial charge in [-0.3, -0.25) is 5.84 Å². The molecule has 1 rings (SSSR count). The van der Waals surface area contributed by atoms with E-state index in [-0.39, 0.29) is 5.82 Å². The van der Waals surface area contributed by atoms with Crippen molar-refractivity contribution in [2.45, 2.75) is 19.9 Å². The van der Waals surface area contributed by atoms with Gasteiger partial charge in [0.25, 0.3) is 0 Å². The van der Waals surface area contributed by atoms with Crippen molar-refractivity contribution >= 4 is 11.6 Å². The van der Waals surface area contributed by atoms with Gasteiger partial charge in [0.05, 0.1) is 6.04 Å². The number of hydrogen-bond donors (Lipinski definition) is 2. The first-order valence-corrected chi connectivity index (χ1v) is 4.99. The van der Waals surface area contributed by atoms with Gasteiger partial charge >= 0.3 is 0 Å². The van der Waals surface area contributed by atoms with Crippen LogP contribution in [0.1, 0.15) is 25.5 Å². The number of allylic oxidation sites excluding steroid dienone is 1. The summed E-state index contributed by atoms with van der Waals surface area (Å²) in [6.45, 7) is 3.83. The SMILES string of the molecule is CC(C)=CC(NN)c1c(F)cccc1Cl. The standard InChI is InChI=1S/C11H14ClFN2/c1-7(2)6-10(15-14)11-8(12)4-3-5-9(11)13/h3-6,10,15H,14H2,1-2H3. The van der Waals surface area contributed by atoms with E-state index in [4.69, 9.17) is 17.4 Å². The van der Waals surface area contributed by atoms with Crippen LogP contribution in [0.5, 0.6) is 0 Å². The summed E-state index contributed by atoms with van der Waals surface area (Å²) in [7, 11) is 0. The minimum Gasteiger partial charge on any atom is -0.271 e. The maximum atomic E-state index is 13.5. The Hall–Kier alpha value is -0.900. The van der Waals surface area contributed by atoms with Crippen LogP contribution < -0.4 is 11.3 Å². The second-order valence-electron chi connectivity index (χ2n) is 3.52. The molecule has 15 heavy (non-hydrogen) atoms. The Morgan fingerprint density at radius 2 is 2.20 bits per heavy atom. The summed E-state index contributed by atoms with van der Waals surface area (Å²) in [5.41, 5.74) is 3.95. The van der Waals surface area contributed by atoms with Crippen LogP contribution in [-0.2, 0) is 0 Å². The molecule has 3 N–H and O–H groups in total. The molecule has 1 unspecified atom stereocenters. The Kier molecular flexibility index (Phi) is 4.27. The average Bonchev–Trinajstić information content (AvgIpc) is 2.15. The van der Waals surface area contributed by atoms with E-state index in [0.29, 0.717) is 10.6 Å². The Bertz CT molecular complexity index is 353. The van der Waals surface area contributed by atoms with Crippen molar-refractivity contribution in [3.8, 4) is 0 Å². The van der Waals surface area contributed by atoms with Crippen molar-refractivity contribution in [2.24, 2.45) is 5.84 Å². The normalized spacial score (nSPS) is 12.3. The van der Waals surface area contributed by atoms with Crippen molar-refractivity contribution in [1.82, 2.24) is 5.43 Å². The third-order valence-corrected chi connectivity index (χ3v) is 2.32. The van der Waals surface area contributed by atoms with E-state index in [1.165, 1.54) is 6.07 Å². The fourth-order valence-electron chi connectivity index (χ4n) is 1.36. The zero-order valence-corrected chi connectivity index (χ0v) is 9.48. The highest BCUT2D eigenvalue weighted by molar-refractivity contribution is 6.31. The molecule has 82 valence electrons. The molecule has 0 aliphatic rings. The largest absolute Gasteiger partial charge is 0.271 e. The number of nitrogens with two attached hydrogens (primary N) is 1. The molecular weight excluding hydrogens is 215 g/mol. The summed E-state index contributed by atoms with van der Waals surface area (Å²) in [6, 6.07) is 4.17. The fourth-order valence-corrected chi connectivity index (χ4v) is 1.64. The number of benzene rings is 1. The van der Waals surface area contributed by atoms with Crippen LogP contribution in [0.3, 0.4) is 0 Å². The molecule has 0 aromatic heterocycles. The summed E-state index contributed by atoms with van der Waals surface area (Å²) in [4.78, 5) is 0. The molecular formula is C11H14ClFN2. The minimum atomic E-state index is -0.399. The Balaban J connectivity index is 3.17. The summed E-state index contributed by atoms with van der Waals surface area (Å²) in [6.07, 6.45) is 1.82. The molecule has 1 aromatic carbocycles. The number of nitrogens with one attached hydrogen (secondary N) is 1. The average molecular weight is 229 g/mol. The van der Waals surface area contributed by atoms with Crippen LogP contribution in [0.25, 0.3) is 0 Å². The van der Waals surface area contributed by atoms with Crippen LogP contribution in [-0.4, -0.2) is 0 Å². The molecule has 0 saturated carbocycles. The van der Waals surface area contributed by atoms with Gasteiger partial charge in [-0.05, 0) is 26.0 Å². The Morgan fingerprint density at radius 1 is 1.53 bits per heavy atom. The van der Waals surface area contributed by atoms with Gasteiger partial charge in [0.15, 0.2) is 0 Å². The third kappa shape index (κ3) is 3.02. The molecule has 0 radical (unpaired) electrons. The molecule has 0 spiro atoms.